The fourth-order valence-corrected chi connectivity index (χ4v) is 2.21. The van der Waals surface area contributed by atoms with Crippen molar-refractivity contribution in [1.82, 2.24) is 5.32 Å². The molecule has 1 aromatic carbocycles. The summed E-state index contributed by atoms with van der Waals surface area (Å²) in [6.45, 7) is 2.05. The fraction of sp³-hybridized carbons (Fsp3) is 0.462. The normalized spacial score (nSPS) is 15.9. The summed E-state index contributed by atoms with van der Waals surface area (Å²) in [6.07, 6.45) is 2.11. The molecule has 6 nitrogen and oxygen atoms in total. The SMILES string of the molecule is Cc1cccc([N+](=O)[O-])c1C(=O)NC(CN)C1CC1. The predicted molar refractivity (Wildman–Crippen MR) is 70.9 cm³/mol. The molecule has 2 rings (SSSR count). The van der Waals surface area contributed by atoms with Crippen molar-refractivity contribution in [2.75, 3.05) is 6.54 Å². The molecule has 1 amide bonds. The number of nitrogens with zero attached hydrogens (tertiary/aromatic N) is 1. The molecule has 1 saturated carbocycles. The first-order valence-corrected chi connectivity index (χ1v) is 6.29. The monoisotopic (exact) mass is 263 g/mol. The molecule has 0 saturated heterocycles. The summed E-state index contributed by atoms with van der Waals surface area (Å²) in [7, 11) is 0. The highest BCUT2D eigenvalue weighted by atomic mass is 16.6. The van der Waals surface area contributed by atoms with Crippen molar-refractivity contribution in [3.05, 3.63) is 39.4 Å². The van der Waals surface area contributed by atoms with Gasteiger partial charge in [0.25, 0.3) is 11.6 Å². The zero-order valence-corrected chi connectivity index (χ0v) is 10.8. The third kappa shape index (κ3) is 2.90. The number of benzene rings is 1. The molecule has 3 N–H and O–H groups in total. The Morgan fingerprint density at radius 1 is 1.58 bits per heavy atom. The van der Waals surface area contributed by atoms with Gasteiger partial charge in [0.1, 0.15) is 5.56 Å². The lowest BCUT2D eigenvalue weighted by Gasteiger charge is -2.16. The van der Waals surface area contributed by atoms with E-state index < -0.39 is 10.8 Å². The second kappa shape index (κ2) is 5.36. The number of carbonyl (C=O) groups is 1. The lowest BCUT2D eigenvalue weighted by atomic mass is 10.0. The molecule has 0 radical (unpaired) electrons. The van der Waals surface area contributed by atoms with E-state index in [1.54, 1.807) is 19.1 Å². The molecule has 1 aliphatic carbocycles. The van der Waals surface area contributed by atoms with Crippen LogP contribution in [-0.2, 0) is 0 Å². The lowest BCUT2D eigenvalue weighted by molar-refractivity contribution is -0.385. The number of aryl methyl sites for hydroxylation is 1. The van der Waals surface area contributed by atoms with E-state index in [1.165, 1.54) is 6.07 Å². The molecule has 0 heterocycles. The second-order valence-electron chi connectivity index (χ2n) is 4.88. The molecule has 19 heavy (non-hydrogen) atoms. The van der Waals surface area contributed by atoms with Gasteiger partial charge < -0.3 is 11.1 Å². The van der Waals surface area contributed by atoms with Crippen LogP contribution in [0.3, 0.4) is 0 Å². The van der Waals surface area contributed by atoms with Gasteiger partial charge in [-0.1, -0.05) is 12.1 Å². The second-order valence-corrected chi connectivity index (χ2v) is 4.88. The van der Waals surface area contributed by atoms with Crippen molar-refractivity contribution in [2.24, 2.45) is 11.7 Å². The van der Waals surface area contributed by atoms with Gasteiger partial charge >= 0.3 is 0 Å². The summed E-state index contributed by atoms with van der Waals surface area (Å²) in [6, 6.07) is 4.52. The highest BCUT2D eigenvalue weighted by Gasteiger charge is 2.33. The third-order valence-corrected chi connectivity index (χ3v) is 3.44. The minimum atomic E-state index is -0.531. The van der Waals surface area contributed by atoms with E-state index in [4.69, 9.17) is 5.73 Å². The molecule has 102 valence electrons. The van der Waals surface area contributed by atoms with Crippen molar-refractivity contribution < 1.29 is 9.72 Å². The molecule has 0 aliphatic heterocycles. The maximum atomic E-state index is 12.2. The summed E-state index contributed by atoms with van der Waals surface area (Å²) >= 11 is 0. The van der Waals surface area contributed by atoms with E-state index in [0.29, 0.717) is 18.0 Å². The van der Waals surface area contributed by atoms with E-state index in [-0.39, 0.29) is 17.3 Å². The van der Waals surface area contributed by atoms with Crippen LogP contribution in [0, 0.1) is 23.0 Å². The summed E-state index contributed by atoms with van der Waals surface area (Å²) in [4.78, 5) is 22.7. The van der Waals surface area contributed by atoms with E-state index in [1.807, 2.05) is 0 Å². The Bertz CT molecular complexity index is 512. The van der Waals surface area contributed by atoms with Crippen molar-refractivity contribution in [2.45, 2.75) is 25.8 Å². The zero-order chi connectivity index (χ0) is 14.0. The molecule has 1 aliphatic rings. The van der Waals surface area contributed by atoms with Crippen molar-refractivity contribution in [1.29, 1.82) is 0 Å². The number of nitrogens with one attached hydrogen (secondary N) is 1. The smallest absolute Gasteiger partial charge is 0.282 e. The summed E-state index contributed by atoms with van der Waals surface area (Å²) in [5.41, 5.74) is 6.19. The summed E-state index contributed by atoms with van der Waals surface area (Å²) in [5.74, 6) is 0.00387. The average molecular weight is 263 g/mol. The van der Waals surface area contributed by atoms with E-state index in [2.05, 4.69) is 5.32 Å². The minimum Gasteiger partial charge on any atom is -0.348 e. The number of amides is 1. The van der Waals surface area contributed by atoms with Crippen LogP contribution in [0.1, 0.15) is 28.8 Å². The van der Waals surface area contributed by atoms with Crippen LogP contribution in [-0.4, -0.2) is 23.4 Å². The molecule has 1 fully saturated rings. The predicted octanol–water partition coefficient (Wildman–Crippen LogP) is 1.37. The number of hydrogen-bond acceptors (Lipinski definition) is 4. The van der Waals surface area contributed by atoms with Crippen LogP contribution in [0.5, 0.6) is 0 Å². The Balaban J connectivity index is 2.25. The first kappa shape index (κ1) is 13.5. The number of rotatable bonds is 5. The zero-order valence-electron chi connectivity index (χ0n) is 10.8. The standard InChI is InChI=1S/C13H17N3O3/c1-8-3-2-4-11(16(18)19)12(8)13(17)15-10(7-14)9-5-6-9/h2-4,9-10H,5-7,14H2,1H3,(H,15,17). The number of carbonyl (C=O) groups excluding carboxylic acids is 1. The Hall–Kier alpha value is -1.95. The largest absolute Gasteiger partial charge is 0.348 e. The van der Waals surface area contributed by atoms with Crippen LogP contribution >= 0.6 is 0 Å². The molecular formula is C13H17N3O3. The summed E-state index contributed by atoms with van der Waals surface area (Å²) < 4.78 is 0. The van der Waals surface area contributed by atoms with Crippen LogP contribution < -0.4 is 11.1 Å². The third-order valence-electron chi connectivity index (χ3n) is 3.44. The Morgan fingerprint density at radius 2 is 2.26 bits per heavy atom. The quantitative estimate of drug-likeness (QED) is 0.619. The minimum absolute atomic E-state index is 0.0910. The van der Waals surface area contributed by atoms with Gasteiger partial charge in [-0.05, 0) is 31.2 Å². The van der Waals surface area contributed by atoms with E-state index in [9.17, 15) is 14.9 Å². The highest BCUT2D eigenvalue weighted by molar-refractivity contribution is 5.99. The molecule has 1 aromatic rings. The Morgan fingerprint density at radius 3 is 2.79 bits per heavy atom. The molecule has 1 atom stereocenters. The van der Waals surface area contributed by atoms with E-state index in [0.717, 1.165) is 12.8 Å². The van der Waals surface area contributed by atoms with Crippen molar-refractivity contribution in [3.8, 4) is 0 Å². The first-order chi connectivity index (χ1) is 9.04. The maximum Gasteiger partial charge on any atom is 0.282 e. The summed E-state index contributed by atoms with van der Waals surface area (Å²) in [5, 5.41) is 13.8. The van der Waals surface area contributed by atoms with Crippen LogP contribution in [0.25, 0.3) is 0 Å². The van der Waals surface area contributed by atoms with E-state index >= 15 is 0 Å². The maximum absolute atomic E-state index is 12.2. The Labute approximate surface area is 111 Å². The molecular weight excluding hydrogens is 246 g/mol. The van der Waals surface area contributed by atoms with Crippen molar-refractivity contribution >= 4 is 11.6 Å². The fourth-order valence-electron chi connectivity index (χ4n) is 2.21. The van der Waals surface area contributed by atoms with Gasteiger partial charge in [-0.25, -0.2) is 0 Å². The van der Waals surface area contributed by atoms with Gasteiger partial charge in [0.2, 0.25) is 0 Å². The van der Waals surface area contributed by atoms with Crippen LogP contribution in [0.2, 0.25) is 0 Å². The van der Waals surface area contributed by atoms with Gasteiger partial charge in [-0.3, -0.25) is 14.9 Å². The molecule has 6 heteroatoms. The van der Waals surface area contributed by atoms with Gasteiger partial charge in [0, 0.05) is 18.7 Å². The highest BCUT2D eigenvalue weighted by Crippen LogP contribution is 2.32. The first-order valence-electron chi connectivity index (χ1n) is 6.29. The van der Waals surface area contributed by atoms with Gasteiger partial charge in [-0.2, -0.15) is 0 Å². The number of nitro groups is 1. The average Bonchev–Trinajstić information content (AvgIpc) is 3.19. The van der Waals surface area contributed by atoms with Crippen LogP contribution in [0.4, 0.5) is 5.69 Å². The topological polar surface area (TPSA) is 98.3 Å². The molecule has 0 spiro atoms. The van der Waals surface area contributed by atoms with Crippen molar-refractivity contribution in [3.63, 3.8) is 0 Å². The number of nitro benzene ring substituents is 1. The number of hydrogen-bond donors (Lipinski definition) is 2. The lowest BCUT2D eigenvalue weighted by Crippen LogP contribution is -2.42. The van der Waals surface area contributed by atoms with Gasteiger partial charge in [-0.15, -0.1) is 0 Å². The molecule has 1 unspecified atom stereocenters. The molecule has 0 aromatic heterocycles. The number of nitrogens with two attached hydrogens (primary N) is 1. The van der Waals surface area contributed by atoms with Crippen LogP contribution in [0.15, 0.2) is 18.2 Å². The Kier molecular flexibility index (Phi) is 3.80. The van der Waals surface area contributed by atoms with Gasteiger partial charge in [0.15, 0.2) is 0 Å². The molecule has 0 bridgehead atoms. The van der Waals surface area contributed by atoms with Gasteiger partial charge in [0.05, 0.1) is 4.92 Å².